The molecule has 1 heterocycles. The van der Waals surface area contributed by atoms with Gasteiger partial charge in [-0.2, -0.15) is 0 Å². The van der Waals surface area contributed by atoms with Crippen LogP contribution in [0.25, 0.3) is 0 Å². The maximum atomic E-state index is 13.0. The molecule has 1 aliphatic rings. The van der Waals surface area contributed by atoms with Gasteiger partial charge in [-0.1, -0.05) is 12.5 Å². The van der Waals surface area contributed by atoms with Crippen molar-refractivity contribution in [1.29, 1.82) is 0 Å². The van der Waals surface area contributed by atoms with E-state index in [1.807, 2.05) is 0 Å². The maximum Gasteiger partial charge on any atom is 0.124 e. The Balaban J connectivity index is 1.84. The van der Waals surface area contributed by atoms with Crippen LogP contribution in [0.3, 0.4) is 0 Å². The second kappa shape index (κ2) is 6.26. The van der Waals surface area contributed by atoms with E-state index in [4.69, 9.17) is 0 Å². The molecule has 1 saturated heterocycles. The van der Waals surface area contributed by atoms with Crippen LogP contribution in [-0.4, -0.2) is 34.5 Å². The molecule has 1 aliphatic heterocycles. The van der Waals surface area contributed by atoms with Crippen LogP contribution in [0.5, 0.6) is 0 Å². The SMILES string of the molecule is O=S(CCN1CCCCC1)c1cccc(F)c1. The Labute approximate surface area is 104 Å². The number of benzene rings is 1. The van der Waals surface area contributed by atoms with Gasteiger partial charge >= 0.3 is 0 Å². The monoisotopic (exact) mass is 255 g/mol. The molecule has 1 fully saturated rings. The van der Waals surface area contributed by atoms with Crippen molar-refractivity contribution in [3.05, 3.63) is 30.1 Å². The minimum atomic E-state index is -1.08. The third kappa shape index (κ3) is 3.89. The standard InChI is InChI=1S/C13H18FNOS/c14-12-5-4-6-13(11-12)17(16)10-9-15-7-2-1-3-8-15/h4-6,11H,1-3,7-10H2. The highest BCUT2D eigenvalue weighted by Crippen LogP contribution is 2.11. The van der Waals surface area contributed by atoms with Crippen molar-refractivity contribution < 1.29 is 8.60 Å². The smallest absolute Gasteiger partial charge is 0.124 e. The number of likely N-dealkylation sites (tertiary alicyclic amines) is 1. The lowest BCUT2D eigenvalue weighted by Crippen LogP contribution is -2.33. The Morgan fingerprint density at radius 1 is 1.24 bits per heavy atom. The van der Waals surface area contributed by atoms with Crippen molar-refractivity contribution in [1.82, 2.24) is 4.90 Å². The lowest BCUT2D eigenvalue weighted by Gasteiger charge is -2.25. The summed E-state index contributed by atoms with van der Waals surface area (Å²) >= 11 is 0. The van der Waals surface area contributed by atoms with Crippen LogP contribution in [0.1, 0.15) is 19.3 Å². The van der Waals surface area contributed by atoms with Gasteiger partial charge in [-0.3, -0.25) is 4.21 Å². The molecule has 4 heteroatoms. The zero-order valence-corrected chi connectivity index (χ0v) is 10.7. The third-order valence-electron chi connectivity index (χ3n) is 3.10. The van der Waals surface area contributed by atoms with Crippen LogP contribution in [0.15, 0.2) is 29.2 Å². The first kappa shape index (κ1) is 12.7. The minimum absolute atomic E-state index is 0.311. The van der Waals surface area contributed by atoms with Gasteiger partial charge in [-0.05, 0) is 44.1 Å². The first-order chi connectivity index (χ1) is 8.25. The van der Waals surface area contributed by atoms with Crippen molar-refractivity contribution in [2.75, 3.05) is 25.4 Å². The molecule has 94 valence electrons. The van der Waals surface area contributed by atoms with E-state index in [1.165, 1.54) is 31.4 Å². The predicted octanol–water partition coefficient (Wildman–Crippen LogP) is 2.42. The molecule has 1 aromatic carbocycles. The Morgan fingerprint density at radius 3 is 2.71 bits per heavy atom. The average molecular weight is 255 g/mol. The molecule has 0 N–H and O–H groups in total. The van der Waals surface area contributed by atoms with Gasteiger partial charge in [0.1, 0.15) is 5.82 Å². The van der Waals surface area contributed by atoms with E-state index in [2.05, 4.69) is 4.90 Å². The summed E-state index contributed by atoms with van der Waals surface area (Å²) in [5, 5.41) is 0. The molecule has 0 bridgehead atoms. The quantitative estimate of drug-likeness (QED) is 0.823. The summed E-state index contributed by atoms with van der Waals surface area (Å²) in [6.07, 6.45) is 3.79. The van der Waals surface area contributed by atoms with Crippen LogP contribution >= 0.6 is 0 Å². The zero-order valence-electron chi connectivity index (χ0n) is 9.90. The van der Waals surface area contributed by atoms with E-state index in [0.29, 0.717) is 10.6 Å². The molecule has 0 aromatic heterocycles. The van der Waals surface area contributed by atoms with Crippen LogP contribution in [0.4, 0.5) is 4.39 Å². The van der Waals surface area contributed by atoms with Crippen molar-refractivity contribution in [3.8, 4) is 0 Å². The van der Waals surface area contributed by atoms with Gasteiger partial charge in [0.05, 0.1) is 10.8 Å². The molecule has 17 heavy (non-hydrogen) atoms. The summed E-state index contributed by atoms with van der Waals surface area (Å²) < 4.78 is 24.9. The zero-order chi connectivity index (χ0) is 12.1. The van der Waals surface area contributed by atoms with Crippen LogP contribution < -0.4 is 0 Å². The van der Waals surface area contributed by atoms with Gasteiger partial charge in [0.2, 0.25) is 0 Å². The number of hydrogen-bond donors (Lipinski definition) is 0. The summed E-state index contributed by atoms with van der Waals surface area (Å²) in [5.41, 5.74) is 0. The second-order valence-corrected chi connectivity index (χ2v) is 5.98. The van der Waals surface area contributed by atoms with E-state index in [9.17, 15) is 8.60 Å². The van der Waals surface area contributed by atoms with E-state index in [1.54, 1.807) is 12.1 Å². The Hall–Kier alpha value is -0.740. The van der Waals surface area contributed by atoms with Gasteiger partial charge in [-0.25, -0.2) is 4.39 Å². The van der Waals surface area contributed by atoms with E-state index in [-0.39, 0.29) is 5.82 Å². The maximum absolute atomic E-state index is 13.0. The summed E-state index contributed by atoms with van der Waals surface area (Å²) in [7, 11) is -1.08. The van der Waals surface area contributed by atoms with E-state index >= 15 is 0 Å². The molecule has 0 amide bonds. The first-order valence-electron chi connectivity index (χ1n) is 6.12. The molecular formula is C13H18FNOS. The van der Waals surface area contributed by atoms with Crippen LogP contribution in [0.2, 0.25) is 0 Å². The van der Waals surface area contributed by atoms with Gasteiger partial charge in [0, 0.05) is 17.2 Å². The number of piperidine rings is 1. The highest BCUT2D eigenvalue weighted by Gasteiger charge is 2.12. The van der Waals surface area contributed by atoms with E-state index < -0.39 is 10.8 Å². The normalized spacial score (nSPS) is 19.1. The molecule has 1 atom stereocenters. The predicted molar refractivity (Wildman–Crippen MR) is 68.0 cm³/mol. The lowest BCUT2D eigenvalue weighted by atomic mass is 10.1. The van der Waals surface area contributed by atoms with Crippen LogP contribution in [0, 0.1) is 5.82 Å². The Kier molecular flexibility index (Phi) is 4.68. The highest BCUT2D eigenvalue weighted by molar-refractivity contribution is 7.85. The van der Waals surface area contributed by atoms with Crippen LogP contribution in [-0.2, 0) is 10.8 Å². The number of hydrogen-bond acceptors (Lipinski definition) is 2. The van der Waals surface area contributed by atoms with Crippen molar-refractivity contribution in [2.45, 2.75) is 24.2 Å². The Bertz CT molecular complexity index is 391. The van der Waals surface area contributed by atoms with Crippen molar-refractivity contribution in [3.63, 3.8) is 0 Å². The molecule has 1 aromatic rings. The van der Waals surface area contributed by atoms with E-state index in [0.717, 1.165) is 19.6 Å². The molecule has 1 unspecified atom stereocenters. The molecule has 0 saturated carbocycles. The summed E-state index contributed by atoms with van der Waals surface area (Å²) in [4.78, 5) is 2.95. The number of nitrogens with zero attached hydrogens (tertiary/aromatic N) is 1. The number of halogens is 1. The molecule has 0 spiro atoms. The fraction of sp³-hybridized carbons (Fsp3) is 0.538. The minimum Gasteiger partial charge on any atom is -0.302 e. The fourth-order valence-corrected chi connectivity index (χ4v) is 3.26. The fourth-order valence-electron chi connectivity index (χ4n) is 2.12. The third-order valence-corrected chi connectivity index (χ3v) is 4.43. The van der Waals surface area contributed by atoms with Crippen molar-refractivity contribution >= 4 is 10.8 Å². The topological polar surface area (TPSA) is 20.3 Å². The van der Waals surface area contributed by atoms with Gasteiger partial charge < -0.3 is 4.90 Å². The largest absolute Gasteiger partial charge is 0.302 e. The average Bonchev–Trinajstić information content (AvgIpc) is 2.37. The molecule has 0 radical (unpaired) electrons. The number of rotatable bonds is 4. The molecular weight excluding hydrogens is 237 g/mol. The summed E-state index contributed by atoms with van der Waals surface area (Å²) in [6, 6.07) is 6.09. The summed E-state index contributed by atoms with van der Waals surface area (Å²) in [5.74, 6) is 0.289. The lowest BCUT2D eigenvalue weighted by molar-refractivity contribution is 0.241. The Morgan fingerprint density at radius 2 is 2.00 bits per heavy atom. The second-order valence-electron chi connectivity index (χ2n) is 4.41. The highest BCUT2D eigenvalue weighted by atomic mass is 32.2. The van der Waals surface area contributed by atoms with Gasteiger partial charge in [-0.15, -0.1) is 0 Å². The van der Waals surface area contributed by atoms with Gasteiger partial charge in [0.25, 0.3) is 0 Å². The van der Waals surface area contributed by atoms with Crippen molar-refractivity contribution in [2.24, 2.45) is 0 Å². The summed E-state index contributed by atoms with van der Waals surface area (Å²) in [6.45, 7) is 3.07. The molecule has 2 rings (SSSR count). The molecule has 0 aliphatic carbocycles. The molecule has 2 nitrogen and oxygen atoms in total. The first-order valence-corrected chi connectivity index (χ1v) is 7.44. The van der Waals surface area contributed by atoms with Gasteiger partial charge in [0.15, 0.2) is 0 Å².